The normalized spacial score (nSPS) is 16.4. The van der Waals surface area contributed by atoms with Gasteiger partial charge in [-0.3, -0.25) is 9.69 Å². The van der Waals surface area contributed by atoms with Gasteiger partial charge in [0.05, 0.1) is 5.02 Å². The lowest BCUT2D eigenvalue weighted by Crippen LogP contribution is -2.30. The number of carboxylic acid groups (broad SMARTS) is 1. The SMILES string of the molecule is CCN1C(=O)/C(=C/c2ccc(OCC(=O)O)c(Cl)c2)N(C)C1=S. The second-order valence-electron chi connectivity index (χ2n) is 4.79. The molecule has 1 N–H and O–H groups in total. The number of ether oxygens (including phenoxy) is 1. The summed E-state index contributed by atoms with van der Waals surface area (Å²) in [5.74, 6) is -0.978. The van der Waals surface area contributed by atoms with E-state index in [4.69, 9.17) is 33.7 Å². The molecule has 1 saturated heterocycles. The molecule has 0 spiro atoms. The van der Waals surface area contributed by atoms with Gasteiger partial charge in [-0.1, -0.05) is 17.7 Å². The number of hydrogen-bond acceptors (Lipinski definition) is 4. The van der Waals surface area contributed by atoms with Gasteiger partial charge in [-0.05, 0) is 42.9 Å². The number of nitrogens with zero attached hydrogens (tertiary/aromatic N) is 2. The number of thiocarbonyl (C=S) groups is 1. The molecule has 1 fully saturated rings. The predicted molar refractivity (Wildman–Crippen MR) is 90.3 cm³/mol. The summed E-state index contributed by atoms with van der Waals surface area (Å²) in [6.45, 7) is 1.88. The number of carboxylic acids is 1. The predicted octanol–water partition coefficient (Wildman–Crippen LogP) is 2.22. The van der Waals surface area contributed by atoms with Crippen molar-refractivity contribution in [2.24, 2.45) is 0 Å². The van der Waals surface area contributed by atoms with Crippen molar-refractivity contribution in [3.63, 3.8) is 0 Å². The molecule has 1 aromatic rings. The Kier molecular flexibility index (Phi) is 5.23. The quantitative estimate of drug-likeness (QED) is 0.646. The van der Waals surface area contributed by atoms with Crippen molar-refractivity contribution < 1.29 is 19.4 Å². The fraction of sp³-hybridized carbons (Fsp3) is 0.267. The topological polar surface area (TPSA) is 70.1 Å². The molecule has 0 radical (unpaired) electrons. The third kappa shape index (κ3) is 3.62. The van der Waals surface area contributed by atoms with Crippen LogP contribution in [0.1, 0.15) is 12.5 Å². The van der Waals surface area contributed by atoms with Gasteiger partial charge in [0.2, 0.25) is 0 Å². The Morgan fingerprint density at radius 3 is 2.70 bits per heavy atom. The van der Waals surface area contributed by atoms with Crippen LogP contribution >= 0.6 is 23.8 Å². The van der Waals surface area contributed by atoms with Crippen LogP contribution in [0.2, 0.25) is 5.02 Å². The van der Waals surface area contributed by atoms with E-state index >= 15 is 0 Å². The number of rotatable bonds is 5. The van der Waals surface area contributed by atoms with Crippen LogP contribution in [-0.2, 0) is 9.59 Å². The van der Waals surface area contributed by atoms with E-state index in [-0.39, 0.29) is 16.7 Å². The number of benzene rings is 1. The summed E-state index contributed by atoms with van der Waals surface area (Å²) in [6, 6.07) is 4.85. The maximum absolute atomic E-state index is 12.3. The molecule has 1 aromatic carbocycles. The number of likely N-dealkylation sites (N-methyl/N-ethyl adjacent to an activating group) is 2. The van der Waals surface area contributed by atoms with Gasteiger partial charge in [-0.25, -0.2) is 4.79 Å². The number of carbonyl (C=O) groups is 2. The zero-order valence-corrected chi connectivity index (χ0v) is 14.1. The third-order valence-electron chi connectivity index (χ3n) is 3.27. The molecular weight excluding hydrogens is 340 g/mol. The van der Waals surface area contributed by atoms with E-state index in [9.17, 15) is 9.59 Å². The molecule has 6 nitrogen and oxygen atoms in total. The van der Waals surface area contributed by atoms with E-state index < -0.39 is 12.6 Å². The second-order valence-corrected chi connectivity index (χ2v) is 5.57. The summed E-state index contributed by atoms with van der Waals surface area (Å²) in [4.78, 5) is 26.0. The lowest BCUT2D eigenvalue weighted by molar-refractivity contribution is -0.139. The van der Waals surface area contributed by atoms with E-state index in [1.165, 1.54) is 4.90 Å². The fourth-order valence-corrected chi connectivity index (χ4v) is 2.67. The number of carbonyl (C=O) groups excluding carboxylic acids is 1. The van der Waals surface area contributed by atoms with Crippen molar-refractivity contribution in [3.8, 4) is 5.75 Å². The van der Waals surface area contributed by atoms with Crippen LogP contribution in [0.3, 0.4) is 0 Å². The highest BCUT2D eigenvalue weighted by Crippen LogP contribution is 2.28. The van der Waals surface area contributed by atoms with Gasteiger partial charge in [-0.2, -0.15) is 0 Å². The Labute approximate surface area is 143 Å². The van der Waals surface area contributed by atoms with Gasteiger partial charge in [0.15, 0.2) is 11.7 Å². The van der Waals surface area contributed by atoms with Crippen LogP contribution in [0.25, 0.3) is 6.08 Å². The summed E-state index contributed by atoms with van der Waals surface area (Å²) in [5.41, 5.74) is 1.14. The minimum Gasteiger partial charge on any atom is -0.480 e. The lowest BCUT2D eigenvalue weighted by Gasteiger charge is -2.13. The maximum Gasteiger partial charge on any atom is 0.341 e. The molecule has 1 aliphatic heterocycles. The Morgan fingerprint density at radius 2 is 2.17 bits per heavy atom. The van der Waals surface area contributed by atoms with Crippen LogP contribution in [0, 0.1) is 0 Å². The van der Waals surface area contributed by atoms with Crippen molar-refractivity contribution in [2.45, 2.75) is 6.92 Å². The van der Waals surface area contributed by atoms with Gasteiger partial charge >= 0.3 is 5.97 Å². The summed E-state index contributed by atoms with van der Waals surface area (Å²) in [5, 5.41) is 9.33. The molecule has 1 amide bonds. The standard InChI is InChI=1S/C15H15ClN2O4S/c1-3-18-14(21)11(17(2)15(18)23)7-9-4-5-12(10(16)6-9)22-8-13(19)20/h4-7H,3,8H2,1-2H3,(H,19,20)/b11-7-. The average Bonchev–Trinajstić information content (AvgIpc) is 2.69. The molecule has 0 atom stereocenters. The van der Waals surface area contributed by atoms with Crippen molar-refractivity contribution in [3.05, 3.63) is 34.5 Å². The number of hydrogen-bond donors (Lipinski definition) is 1. The molecule has 0 unspecified atom stereocenters. The van der Waals surface area contributed by atoms with E-state index in [2.05, 4.69) is 0 Å². The second kappa shape index (κ2) is 6.97. The zero-order valence-electron chi connectivity index (χ0n) is 12.6. The van der Waals surface area contributed by atoms with Crippen molar-refractivity contribution in [1.29, 1.82) is 0 Å². The fourth-order valence-electron chi connectivity index (χ4n) is 2.11. The van der Waals surface area contributed by atoms with Crippen molar-refractivity contribution >= 4 is 46.9 Å². The number of halogens is 1. The van der Waals surface area contributed by atoms with Crippen molar-refractivity contribution in [2.75, 3.05) is 20.2 Å². The summed E-state index contributed by atoms with van der Waals surface area (Å²) in [6.07, 6.45) is 1.68. The lowest BCUT2D eigenvalue weighted by atomic mass is 10.1. The van der Waals surface area contributed by atoms with Gasteiger partial charge in [0.1, 0.15) is 11.4 Å². The Balaban J connectivity index is 2.26. The van der Waals surface area contributed by atoms with Gasteiger partial charge in [0, 0.05) is 13.6 Å². The Morgan fingerprint density at radius 1 is 1.48 bits per heavy atom. The monoisotopic (exact) mass is 354 g/mol. The van der Waals surface area contributed by atoms with E-state index in [1.54, 1.807) is 36.2 Å². The highest BCUT2D eigenvalue weighted by Gasteiger charge is 2.34. The Hall–Kier alpha value is -2.12. The van der Waals surface area contributed by atoms with Crippen LogP contribution < -0.4 is 4.74 Å². The van der Waals surface area contributed by atoms with Gasteiger partial charge in [0.25, 0.3) is 5.91 Å². The minimum absolute atomic E-state index is 0.165. The van der Waals surface area contributed by atoms with Crippen LogP contribution in [0.15, 0.2) is 23.9 Å². The molecule has 1 heterocycles. The van der Waals surface area contributed by atoms with Gasteiger partial charge < -0.3 is 14.7 Å². The molecule has 0 bridgehead atoms. The molecule has 1 aliphatic rings. The van der Waals surface area contributed by atoms with E-state index in [1.807, 2.05) is 6.92 Å². The van der Waals surface area contributed by atoms with Crippen molar-refractivity contribution in [1.82, 2.24) is 9.80 Å². The minimum atomic E-state index is -1.08. The molecule has 2 rings (SSSR count). The first-order chi connectivity index (χ1) is 10.8. The average molecular weight is 355 g/mol. The molecular formula is C15H15ClN2O4S. The third-order valence-corrected chi connectivity index (χ3v) is 4.06. The smallest absolute Gasteiger partial charge is 0.341 e. The molecule has 0 aliphatic carbocycles. The highest BCUT2D eigenvalue weighted by molar-refractivity contribution is 7.80. The molecule has 23 heavy (non-hydrogen) atoms. The Bertz CT molecular complexity index is 705. The van der Waals surface area contributed by atoms with E-state index in [0.29, 0.717) is 22.9 Å². The van der Waals surface area contributed by atoms with Crippen LogP contribution in [0.4, 0.5) is 0 Å². The number of aliphatic carboxylic acids is 1. The van der Waals surface area contributed by atoms with Gasteiger partial charge in [-0.15, -0.1) is 0 Å². The van der Waals surface area contributed by atoms with Crippen LogP contribution in [-0.4, -0.2) is 52.1 Å². The highest BCUT2D eigenvalue weighted by atomic mass is 35.5. The first-order valence-corrected chi connectivity index (χ1v) is 7.59. The summed E-state index contributed by atoms with van der Waals surface area (Å²) >= 11 is 11.3. The zero-order chi connectivity index (χ0) is 17.1. The summed E-state index contributed by atoms with van der Waals surface area (Å²) < 4.78 is 5.06. The van der Waals surface area contributed by atoms with Crippen LogP contribution in [0.5, 0.6) is 5.75 Å². The largest absolute Gasteiger partial charge is 0.480 e. The maximum atomic E-state index is 12.3. The first kappa shape index (κ1) is 17.2. The molecule has 8 heteroatoms. The van der Waals surface area contributed by atoms with E-state index in [0.717, 1.165) is 0 Å². The summed E-state index contributed by atoms with van der Waals surface area (Å²) in [7, 11) is 1.73. The molecule has 0 aromatic heterocycles. The molecule has 122 valence electrons. The number of amides is 1. The molecule has 0 saturated carbocycles. The first-order valence-electron chi connectivity index (χ1n) is 6.80.